The van der Waals surface area contributed by atoms with E-state index in [1.807, 2.05) is 37.3 Å². The van der Waals surface area contributed by atoms with E-state index in [0.29, 0.717) is 12.1 Å². The molecule has 0 saturated heterocycles. The third-order valence-electron chi connectivity index (χ3n) is 3.44. The van der Waals surface area contributed by atoms with Crippen molar-refractivity contribution in [1.82, 2.24) is 5.32 Å². The molecule has 116 valence electrons. The van der Waals surface area contributed by atoms with Gasteiger partial charge in [-0.15, -0.1) is 0 Å². The highest BCUT2D eigenvalue weighted by Crippen LogP contribution is 2.19. The van der Waals surface area contributed by atoms with Crippen LogP contribution in [0.4, 0.5) is 0 Å². The molecule has 1 amide bonds. The minimum Gasteiger partial charge on any atom is -0.447 e. The van der Waals surface area contributed by atoms with Gasteiger partial charge in [-0.3, -0.25) is 9.59 Å². The Hall–Kier alpha value is -2.36. The predicted molar refractivity (Wildman–Crippen MR) is 85.2 cm³/mol. The summed E-state index contributed by atoms with van der Waals surface area (Å²) >= 11 is 0. The Morgan fingerprint density at radius 1 is 1.23 bits per heavy atom. The Labute approximate surface area is 130 Å². The van der Waals surface area contributed by atoms with Gasteiger partial charge in [0.1, 0.15) is 0 Å². The number of amides is 1. The minimum atomic E-state index is -0.911. The van der Waals surface area contributed by atoms with Gasteiger partial charge in [-0.2, -0.15) is 0 Å². The number of carbonyl (C=O) groups excluding carboxylic acids is 2. The molecule has 1 aromatic carbocycles. The Kier molecular flexibility index (Phi) is 5.53. The molecular weight excluding hydrogens is 278 g/mol. The van der Waals surface area contributed by atoms with Crippen LogP contribution in [0.3, 0.4) is 0 Å². The van der Waals surface area contributed by atoms with Crippen molar-refractivity contribution in [3.8, 4) is 0 Å². The van der Waals surface area contributed by atoms with E-state index in [-0.39, 0.29) is 5.91 Å². The topological polar surface area (TPSA) is 55.4 Å². The largest absolute Gasteiger partial charge is 0.447 e. The Morgan fingerprint density at radius 3 is 2.55 bits per heavy atom. The normalized spacial score (nSPS) is 14.9. The third kappa shape index (κ3) is 4.58. The van der Waals surface area contributed by atoms with E-state index in [0.717, 1.165) is 24.0 Å². The lowest BCUT2D eigenvalue weighted by molar-refractivity contribution is -0.154. The molecule has 0 fully saturated rings. The lowest BCUT2D eigenvalue weighted by Crippen LogP contribution is -2.33. The zero-order valence-electron chi connectivity index (χ0n) is 13.0. The van der Waals surface area contributed by atoms with Gasteiger partial charge in [-0.25, -0.2) is 0 Å². The summed E-state index contributed by atoms with van der Waals surface area (Å²) in [6.45, 7) is 3.71. The standard InChI is InChI=1S/C18H21NO3/c1-13-8-10-16(11-9-13)17(22-14(2)20)18(21)19-12-15-6-4-3-5-7-15/h4,6-11,17H,3,5,12H2,1-2H3,(H,19,21). The molecule has 22 heavy (non-hydrogen) atoms. The molecule has 1 N–H and O–H groups in total. The first-order valence-electron chi connectivity index (χ1n) is 7.43. The lowest BCUT2D eigenvalue weighted by atomic mass is 10.1. The highest BCUT2D eigenvalue weighted by molar-refractivity contribution is 5.84. The molecule has 2 rings (SSSR count). The van der Waals surface area contributed by atoms with Crippen LogP contribution in [0.25, 0.3) is 0 Å². The molecule has 1 aliphatic rings. The first-order chi connectivity index (χ1) is 10.6. The van der Waals surface area contributed by atoms with Gasteiger partial charge in [0, 0.05) is 19.0 Å². The number of aryl methyl sites for hydroxylation is 1. The van der Waals surface area contributed by atoms with Crippen molar-refractivity contribution < 1.29 is 14.3 Å². The zero-order chi connectivity index (χ0) is 15.9. The fourth-order valence-corrected chi connectivity index (χ4v) is 2.26. The molecule has 0 bridgehead atoms. The second kappa shape index (κ2) is 7.59. The van der Waals surface area contributed by atoms with E-state index in [4.69, 9.17) is 4.74 Å². The minimum absolute atomic E-state index is 0.307. The van der Waals surface area contributed by atoms with Gasteiger partial charge in [-0.05, 0) is 25.3 Å². The van der Waals surface area contributed by atoms with Crippen molar-refractivity contribution in [3.05, 3.63) is 59.2 Å². The van der Waals surface area contributed by atoms with Gasteiger partial charge in [0.15, 0.2) is 0 Å². The van der Waals surface area contributed by atoms with E-state index in [9.17, 15) is 9.59 Å². The average molecular weight is 299 g/mol. The molecule has 4 nitrogen and oxygen atoms in total. The van der Waals surface area contributed by atoms with Gasteiger partial charge in [0.05, 0.1) is 0 Å². The van der Waals surface area contributed by atoms with Crippen LogP contribution in [-0.4, -0.2) is 18.4 Å². The zero-order valence-corrected chi connectivity index (χ0v) is 13.0. The summed E-state index contributed by atoms with van der Waals surface area (Å²) in [6, 6.07) is 7.40. The summed E-state index contributed by atoms with van der Waals surface area (Å²) in [4.78, 5) is 23.6. The Morgan fingerprint density at radius 2 is 1.95 bits per heavy atom. The van der Waals surface area contributed by atoms with Crippen LogP contribution in [0.2, 0.25) is 0 Å². The number of benzene rings is 1. The monoisotopic (exact) mass is 299 g/mol. The fraction of sp³-hybridized carbons (Fsp3) is 0.333. The lowest BCUT2D eigenvalue weighted by Gasteiger charge is -2.18. The Bertz CT molecular complexity index is 599. The SMILES string of the molecule is CC(=O)OC(C(=O)NCC1=CCCC=C1)c1ccc(C)cc1. The molecule has 0 saturated carbocycles. The first kappa shape index (κ1) is 16.0. The summed E-state index contributed by atoms with van der Waals surface area (Å²) in [5, 5.41) is 2.84. The van der Waals surface area contributed by atoms with Gasteiger partial charge in [-0.1, -0.05) is 48.1 Å². The van der Waals surface area contributed by atoms with Crippen LogP contribution in [-0.2, 0) is 14.3 Å². The maximum absolute atomic E-state index is 12.4. The molecule has 1 aromatic rings. The second-order valence-corrected chi connectivity index (χ2v) is 5.38. The number of rotatable bonds is 5. The molecule has 0 aliphatic heterocycles. The van der Waals surface area contributed by atoms with Gasteiger partial charge in [0.25, 0.3) is 5.91 Å². The summed E-state index contributed by atoms with van der Waals surface area (Å²) in [5.74, 6) is -0.781. The van der Waals surface area contributed by atoms with Gasteiger partial charge in [0.2, 0.25) is 6.10 Å². The van der Waals surface area contributed by atoms with Crippen LogP contribution in [0.1, 0.15) is 37.0 Å². The average Bonchev–Trinajstić information content (AvgIpc) is 2.52. The molecule has 1 aliphatic carbocycles. The molecule has 1 unspecified atom stereocenters. The smallest absolute Gasteiger partial charge is 0.303 e. The van der Waals surface area contributed by atoms with Gasteiger partial charge >= 0.3 is 5.97 Å². The summed E-state index contributed by atoms with van der Waals surface area (Å²) in [7, 11) is 0. The van der Waals surface area contributed by atoms with E-state index < -0.39 is 12.1 Å². The molecule has 0 heterocycles. The van der Waals surface area contributed by atoms with Crippen LogP contribution >= 0.6 is 0 Å². The number of esters is 1. The second-order valence-electron chi connectivity index (χ2n) is 5.38. The van der Waals surface area contributed by atoms with Crippen LogP contribution in [0, 0.1) is 6.92 Å². The summed E-state index contributed by atoms with van der Waals surface area (Å²) in [6.07, 6.45) is 7.32. The number of ether oxygens (including phenoxy) is 1. The quantitative estimate of drug-likeness (QED) is 0.850. The van der Waals surface area contributed by atoms with Crippen molar-refractivity contribution in [2.45, 2.75) is 32.8 Å². The summed E-state index contributed by atoms with van der Waals surface area (Å²) in [5.41, 5.74) is 2.83. The molecular formula is C18H21NO3. The molecule has 0 aromatic heterocycles. The number of allylic oxidation sites excluding steroid dienone is 2. The van der Waals surface area contributed by atoms with Crippen molar-refractivity contribution in [2.24, 2.45) is 0 Å². The van der Waals surface area contributed by atoms with Crippen LogP contribution < -0.4 is 5.32 Å². The van der Waals surface area contributed by atoms with Crippen molar-refractivity contribution in [2.75, 3.05) is 6.54 Å². The molecule has 0 spiro atoms. The van der Waals surface area contributed by atoms with Crippen molar-refractivity contribution in [1.29, 1.82) is 0 Å². The molecule has 4 heteroatoms. The maximum atomic E-state index is 12.4. The van der Waals surface area contributed by atoms with E-state index >= 15 is 0 Å². The number of nitrogens with one attached hydrogen (secondary N) is 1. The number of carbonyl (C=O) groups is 2. The molecule has 0 radical (unpaired) electrons. The van der Waals surface area contributed by atoms with E-state index in [1.54, 1.807) is 0 Å². The van der Waals surface area contributed by atoms with Crippen molar-refractivity contribution >= 4 is 11.9 Å². The Balaban J connectivity index is 2.05. The first-order valence-corrected chi connectivity index (χ1v) is 7.43. The van der Waals surface area contributed by atoms with E-state index in [2.05, 4.69) is 17.5 Å². The fourth-order valence-electron chi connectivity index (χ4n) is 2.26. The van der Waals surface area contributed by atoms with Crippen molar-refractivity contribution in [3.63, 3.8) is 0 Å². The predicted octanol–water partition coefficient (Wildman–Crippen LogP) is 2.99. The highest BCUT2D eigenvalue weighted by Gasteiger charge is 2.23. The molecule has 1 atom stereocenters. The highest BCUT2D eigenvalue weighted by atomic mass is 16.5. The summed E-state index contributed by atoms with van der Waals surface area (Å²) < 4.78 is 5.19. The maximum Gasteiger partial charge on any atom is 0.303 e. The van der Waals surface area contributed by atoms with Crippen LogP contribution in [0.15, 0.2) is 48.1 Å². The van der Waals surface area contributed by atoms with E-state index in [1.165, 1.54) is 6.92 Å². The number of hydrogen-bond acceptors (Lipinski definition) is 3. The van der Waals surface area contributed by atoms with Gasteiger partial charge < -0.3 is 10.1 Å². The van der Waals surface area contributed by atoms with Crippen LogP contribution in [0.5, 0.6) is 0 Å². The third-order valence-corrected chi connectivity index (χ3v) is 3.44. The number of hydrogen-bond donors (Lipinski definition) is 1.